The van der Waals surface area contributed by atoms with E-state index in [1.54, 1.807) is 12.1 Å². The molecule has 116 valence electrons. The molecule has 2 saturated heterocycles. The molecule has 1 aromatic rings. The predicted octanol–water partition coefficient (Wildman–Crippen LogP) is 2.96. The van der Waals surface area contributed by atoms with E-state index in [4.69, 9.17) is 4.74 Å². The van der Waals surface area contributed by atoms with Crippen molar-refractivity contribution in [3.8, 4) is 0 Å². The van der Waals surface area contributed by atoms with Gasteiger partial charge in [0.15, 0.2) is 0 Å². The highest BCUT2D eigenvalue weighted by atomic mass is 79.9. The van der Waals surface area contributed by atoms with Gasteiger partial charge in [-0.1, -0.05) is 22.0 Å². The van der Waals surface area contributed by atoms with Crippen LogP contribution in [-0.4, -0.2) is 44.3 Å². The molecular formula is C16H22BrFN2O. The maximum atomic E-state index is 13.4. The second kappa shape index (κ2) is 7.18. The maximum Gasteiger partial charge on any atom is 0.124 e. The number of halogens is 2. The van der Waals surface area contributed by atoms with Gasteiger partial charge in [0.2, 0.25) is 0 Å². The van der Waals surface area contributed by atoms with E-state index in [-0.39, 0.29) is 5.82 Å². The van der Waals surface area contributed by atoms with Crippen molar-refractivity contribution in [3.05, 3.63) is 34.1 Å². The lowest BCUT2D eigenvalue weighted by Crippen LogP contribution is -2.47. The third-order valence-corrected chi connectivity index (χ3v) is 5.23. The summed E-state index contributed by atoms with van der Waals surface area (Å²) in [5.41, 5.74) is 1.21. The molecule has 2 aliphatic heterocycles. The minimum atomic E-state index is -0.184. The van der Waals surface area contributed by atoms with E-state index in [2.05, 4.69) is 26.1 Å². The number of benzene rings is 1. The van der Waals surface area contributed by atoms with Gasteiger partial charge in [-0.2, -0.15) is 0 Å². The SMILES string of the molecule is Fc1ccc([C@H](C2CCOCC2)N2CCNCC2)c(Br)c1. The number of rotatable bonds is 3. The van der Waals surface area contributed by atoms with E-state index in [1.165, 1.54) is 5.56 Å². The van der Waals surface area contributed by atoms with E-state index >= 15 is 0 Å². The monoisotopic (exact) mass is 356 g/mol. The zero-order chi connectivity index (χ0) is 14.7. The molecule has 3 nitrogen and oxygen atoms in total. The molecule has 1 atom stereocenters. The van der Waals surface area contributed by atoms with Crippen molar-refractivity contribution in [3.63, 3.8) is 0 Å². The molecule has 1 N–H and O–H groups in total. The van der Waals surface area contributed by atoms with Crippen LogP contribution >= 0.6 is 15.9 Å². The van der Waals surface area contributed by atoms with Crippen molar-refractivity contribution in [1.29, 1.82) is 0 Å². The van der Waals surface area contributed by atoms with Gasteiger partial charge in [-0.05, 0) is 36.5 Å². The van der Waals surface area contributed by atoms with Crippen molar-refractivity contribution < 1.29 is 9.13 Å². The Labute approximate surface area is 134 Å². The van der Waals surface area contributed by atoms with Gasteiger partial charge in [-0.15, -0.1) is 0 Å². The summed E-state index contributed by atoms with van der Waals surface area (Å²) in [6, 6.07) is 5.46. The third-order valence-electron chi connectivity index (χ3n) is 4.54. The summed E-state index contributed by atoms with van der Waals surface area (Å²) in [5.74, 6) is 0.398. The Morgan fingerprint density at radius 1 is 1.24 bits per heavy atom. The summed E-state index contributed by atoms with van der Waals surface area (Å²) >= 11 is 3.57. The van der Waals surface area contributed by atoms with Gasteiger partial charge >= 0.3 is 0 Å². The summed E-state index contributed by atoms with van der Waals surface area (Å²) in [6.45, 7) is 5.83. The Hall–Kier alpha value is -0.490. The number of hydrogen-bond acceptors (Lipinski definition) is 3. The average molecular weight is 357 g/mol. The molecule has 2 heterocycles. The standard InChI is InChI=1S/C16H22BrFN2O/c17-15-11-13(18)1-2-14(15)16(12-3-9-21-10-4-12)20-7-5-19-6-8-20/h1-2,11-12,16,19H,3-10H2/t16-/m0/s1. The molecule has 1 aromatic carbocycles. The highest BCUT2D eigenvalue weighted by Gasteiger charge is 2.32. The van der Waals surface area contributed by atoms with Crippen LogP contribution in [0.25, 0.3) is 0 Å². The predicted molar refractivity (Wildman–Crippen MR) is 84.8 cm³/mol. The van der Waals surface area contributed by atoms with Crippen molar-refractivity contribution in [2.75, 3.05) is 39.4 Å². The van der Waals surface area contributed by atoms with E-state index in [0.717, 1.165) is 56.7 Å². The lowest BCUT2D eigenvalue weighted by atomic mass is 9.85. The zero-order valence-electron chi connectivity index (χ0n) is 12.2. The molecular weight excluding hydrogens is 335 g/mol. The van der Waals surface area contributed by atoms with Gasteiger partial charge in [0, 0.05) is 49.9 Å². The number of nitrogens with one attached hydrogen (secondary N) is 1. The highest BCUT2D eigenvalue weighted by Crippen LogP contribution is 2.38. The van der Waals surface area contributed by atoms with Gasteiger partial charge in [0.05, 0.1) is 0 Å². The summed E-state index contributed by atoms with van der Waals surface area (Å²) in [7, 11) is 0. The Morgan fingerprint density at radius 3 is 2.62 bits per heavy atom. The number of ether oxygens (including phenoxy) is 1. The van der Waals surface area contributed by atoms with Crippen LogP contribution in [0.2, 0.25) is 0 Å². The first-order chi connectivity index (χ1) is 10.3. The second-order valence-electron chi connectivity index (χ2n) is 5.85. The molecule has 0 bridgehead atoms. The quantitative estimate of drug-likeness (QED) is 0.900. The summed E-state index contributed by atoms with van der Waals surface area (Å²) in [5, 5.41) is 3.41. The zero-order valence-corrected chi connectivity index (χ0v) is 13.7. The molecule has 2 aliphatic rings. The normalized spacial score (nSPS) is 23.1. The molecule has 0 spiro atoms. The molecule has 2 fully saturated rings. The molecule has 5 heteroatoms. The van der Waals surface area contributed by atoms with Crippen LogP contribution in [-0.2, 0) is 4.74 Å². The van der Waals surface area contributed by atoms with Crippen LogP contribution in [0.3, 0.4) is 0 Å². The molecule has 0 radical (unpaired) electrons. The van der Waals surface area contributed by atoms with Crippen molar-refractivity contribution in [1.82, 2.24) is 10.2 Å². The first-order valence-corrected chi connectivity index (χ1v) is 8.52. The van der Waals surface area contributed by atoms with Crippen LogP contribution in [0.5, 0.6) is 0 Å². The number of piperazine rings is 1. The van der Waals surface area contributed by atoms with Gasteiger partial charge in [0.25, 0.3) is 0 Å². The van der Waals surface area contributed by atoms with Gasteiger partial charge in [-0.25, -0.2) is 4.39 Å². The first-order valence-electron chi connectivity index (χ1n) is 7.73. The minimum Gasteiger partial charge on any atom is -0.381 e. The summed E-state index contributed by atoms with van der Waals surface area (Å²) < 4.78 is 19.8. The van der Waals surface area contributed by atoms with Gasteiger partial charge in [-0.3, -0.25) is 4.90 Å². The number of hydrogen-bond donors (Lipinski definition) is 1. The van der Waals surface area contributed by atoms with E-state index in [1.807, 2.05) is 6.07 Å². The Kier molecular flexibility index (Phi) is 5.27. The number of nitrogens with zero attached hydrogens (tertiary/aromatic N) is 1. The largest absolute Gasteiger partial charge is 0.381 e. The fourth-order valence-electron chi connectivity index (χ4n) is 3.48. The van der Waals surface area contributed by atoms with Crippen LogP contribution in [0.4, 0.5) is 4.39 Å². The van der Waals surface area contributed by atoms with Crippen LogP contribution in [0, 0.1) is 11.7 Å². The maximum absolute atomic E-state index is 13.4. The van der Waals surface area contributed by atoms with Gasteiger partial charge in [0.1, 0.15) is 5.82 Å². The second-order valence-corrected chi connectivity index (χ2v) is 6.70. The molecule has 0 unspecified atom stereocenters. The molecule has 21 heavy (non-hydrogen) atoms. The third kappa shape index (κ3) is 3.65. The van der Waals surface area contributed by atoms with Gasteiger partial charge < -0.3 is 10.1 Å². The average Bonchev–Trinajstić information content (AvgIpc) is 2.52. The molecule has 3 rings (SSSR count). The Balaban J connectivity index is 1.89. The summed E-state index contributed by atoms with van der Waals surface area (Å²) in [4.78, 5) is 2.55. The van der Waals surface area contributed by atoms with Crippen LogP contribution in [0.1, 0.15) is 24.4 Å². The lowest BCUT2D eigenvalue weighted by molar-refractivity contribution is 0.0211. The molecule has 0 aromatic heterocycles. The minimum absolute atomic E-state index is 0.184. The van der Waals surface area contributed by atoms with Crippen molar-refractivity contribution in [2.24, 2.45) is 5.92 Å². The van der Waals surface area contributed by atoms with Crippen molar-refractivity contribution in [2.45, 2.75) is 18.9 Å². The topological polar surface area (TPSA) is 24.5 Å². The van der Waals surface area contributed by atoms with Crippen LogP contribution < -0.4 is 5.32 Å². The van der Waals surface area contributed by atoms with Crippen LogP contribution in [0.15, 0.2) is 22.7 Å². The first kappa shape index (κ1) is 15.4. The molecule has 0 aliphatic carbocycles. The van der Waals surface area contributed by atoms with E-state index < -0.39 is 0 Å². The Bertz CT molecular complexity index is 455. The Morgan fingerprint density at radius 2 is 1.95 bits per heavy atom. The van der Waals surface area contributed by atoms with E-state index in [0.29, 0.717) is 12.0 Å². The smallest absolute Gasteiger partial charge is 0.124 e. The molecule has 0 amide bonds. The molecule has 0 saturated carbocycles. The fourth-order valence-corrected chi connectivity index (χ4v) is 4.07. The highest BCUT2D eigenvalue weighted by molar-refractivity contribution is 9.10. The van der Waals surface area contributed by atoms with E-state index in [9.17, 15) is 4.39 Å². The summed E-state index contributed by atoms with van der Waals surface area (Å²) in [6.07, 6.45) is 2.16. The van der Waals surface area contributed by atoms with Crippen molar-refractivity contribution >= 4 is 15.9 Å². The lowest BCUT2D eigenvalue weighted by Gasteiger charge is -2.41. The fraction of sp³-hybridized carbons (Fsp3) is 0.625.